The lowest BCUT2D eigenvalue weighted by molar-refractivity contribution is -0.134. The molecule has 21 heavy (non-hydrogen) atoms. The molecule has 1 rings (SSSR count). The van der Waals surface area contributed by atoms with Gasteiger partial charge < -0.3 is 15.0 Å². The molecule has 0 saturated carbocycles. The number of carbonyl (C=O) groups is 2. The van der Waals surface area contributed by atoms with E-state index >= 15 is 0 Å². The molecule has 1 unspecified atom stereocenters. The van der Waals surface area contributed by atoms with Crippen molar-refractivity contribution in [2.24, 2.45) is 5.92 Å². The van der Waals surface area contributed by atoms with Crippen molar-refractivity contribution in [3.8, 4) is 6.07 Å². The maximum atomic E-state index is 12.4. The Morgan fingerprint density at radius 3 is 2.38 bits per heavy atom. The Bertz CT molecular complexity index is 415. The van der Waals surface area contributed by atoms with E-state index in [1.54, 1.807) is 25.7 Å². The lowest BCUT2D eigenvalue weighted by Gasteiger charge is -2.32. The van der Waals surface area contributed by atoms with E-state index in [4.69, 9.17) is 10.00 Å². The predicted octanol–water partition coefficient (Wildman–Crippen LogP) is 2.05. The molecular formula is C15H25N3O3. The number of carbonyl (C=O) groups excluding carboxylic acids is 2. The second kappa shape index (κ2) is 7.30. The van der Waals surface area contributed by atoms with Crippen LogP contribution in [0, 0.1) is 17.2 Å². The summed E-state index contributed by atoms with van der Waals surface area (Å²) in [7, 11) is 0. The second-order valence-electron chi connectivity index (χ2n) is 6.34. The van der Waals surface area contributed by atoms with Crippen LogP contribution in [0.15, 0.2) is 0 Å². The van der Waals surface area contributed by atoms with Gasteiger partial charge in [0.15, 0.2) is 0 Å². The van der Waals surface area contributed by atoms with Gasteiger partial charge in [0.05, 0.1) is 6.07 Å². The Balaban J connectivity index is 2.54. The van der Waals surface area contributed by atoms with Crippen LogP contribution in [-0.4, -0.2) is 41.6 Å². The molecule has 0 aliphatic carbocycles. The summed E-state index contributed by atoms with van der Waals surface area (Å²) < 4.78 is 5.18. The first kappa shape index (κ1) is 17.3. The molecule has 0 radical (unpaired) electrons. The van der Waals surface area contributed by atoms with Gasteiger partial charge in [0.2, 0.25) is 5.91 Å². The summed E-state index contributed by atoms with van der Waals surface area (Å²) in [5, 5.41) is 11.5. The van der Waals surface area contributed by atoms with Crippen LogP contribution in [0.4, 0.5) is 4.79 Å². The van der Waals surface area contributed by atoms with E-state index in [0.717, 1.165) is 0 Å². The summed E-state index contributed by atoms with van der Waals surface area (Å²) in [6.07, 6.45) is 1.33. The van der Waals surface area contributed by atoms with Gasteiger partial charge in [-0.2, -0.15) is 5.26 Å². The summed E-state index contributed by atoms with van der Waals surface area (Å²) in [5.41, 5.74) is -0.587. The number of nitrogens with one attached hydrogen (secondary N) is 1. The Morgan fingerprint density at radius 1 is 1.38 bits per heavy atom. The average molecular weight is 295 g/mol. The first-order chi connectivity index (χ1) is 9.76. The highest BCUT2D eigenvalue weighted by atomic mass is 16.6. The van der Waals surface area contributed by atoms with Gasteiger partial charge in [-0.3, -0.25) is 4.79 Å². The van der Waals surface area contributed by atoms with Gasteiger partial charge in [-0.25, -0.2) is 4.79 Å². The van der Waals surface area contributed by atoms with Gasteiger partial charge >= 0.3 is 6.09 Å². The predicted molar refractivity (Wildman–Crippen MR) is 78.4 cm³/mol. The van der Waals surface area contributed by atoms with E-state index < -0.39 is 17.7 Å². The number of nitrogens with zero attached hydrogens (tertiary/aromatic N) is 2. The zero-order valence-electron chi connectivity index (χ0n) is 13.3. The van der Waals surface area contributed by atoms with Crippen molar-refractivity contribution in [3.05, 3.63) is 0 Å². The SMILES string of the molecule is CCC(NC(=O)OC(C)(C)C)C(=O)N1CCC(C#N)CC1. The minimum absolute atomic E-state index is 0.0351. The molecule has 0 bridgehead atoms. The van der Waals surface area contributed by atoms with E-state index in [2.05, 4.69) is 11.4 Å². The molecule has 0 aromatic rings. The molecule has 1 fully saturated rings. The topological polar surface area (TPSA) is 82.4 Å². The van der Waals surface area contributed by atoms with Crippen LogP contribution in [0.2, 0.25) is 0 Å². The average Bonchev–Trinajstić information content (AvgIpc) is 2.42. The first-order valence-corrected chi connectivity index (χ1v) is 7.44. The Morgan fingerprint density at radius 2 is 1.95 bits per heavy atom. The maximum Gasteiger partial charge on any atom is 0.408 e. The van der Waals surface area contributed by atoms with Crippen LogP contribution in [0.3, 0.4) is 0 Å². The minimum atomic E-state index is -0.587. The zero-order chi connectivity index (χ0) is 16.0. The van der Waals surface area contributed by atoms with Crippen molar-refractivity contribution in [2.75, 3.05) is 13.1 Å². The fourth-order valence-electron chi connectivity index (χ4n) is 2.24. The van der Waals surface area contributed by atoms with Crippen LogP contribution < -0.4 is 5.32 Å². The quantitative estimate of drug-likeness (QED) is 0.864. The summed E-state index contributed by atoms with van der Waals surface area (Å²) in [5.74, 6) is -0.0623. The molecule has 0 aromatic carbocycles. The third-order valence-corrected chi connectivity index (χ3v) is 3.39. The molecular weight excluding hydrogens is 270 g/mol. The Kier molecular flexibility index (Phi) is 6.01. The van der Waals surface area contributed by atoms with Crippen LogP contribution in [0.5, 0.6) is 0 Å². The van der Waals surface area contributed by atoms with Crippen molar-refractivity contribution < 1.29 is 14.3 Å². The molecule has 1 aliphatic heterocycles. The number of hydrogen-bond donors (Lipinski definition) is 1. The fourth-order valence-corrected chi connectivity index (χ4v) is 2.24. The lowest BCUT2D eigenvalue weighted by atomic mass is 9.98. The minimum Gasteiger partial charge on any atom is -0.444 e. The van der Waals surface area contributed by atoms with E-state index in [1.807, 2.05) is 6.92 Å². The van der Waals surface area contributed by atoms with Crippen LogP contribution in [0.25, 0.3) is 0 Å². The lowest BCUT2D eigenvalue weighted by Crippen LogP contribution is -2.51. The molecule has 1 heterocycles. The summed E-state index contributed by atoms with van der Waals surface area (Å²) in [6, 6.07) is 1.67. The molecule has 2 amide bonds. The molecule has 1 N–H and O–H groups in total. The smallest absolute Gasteiger partial charge is 0.408 e. The van der Waals surface area contributed by atoms with Gasteiger partial charge in [-0.15, -0.1) is 0 Å². The van der Waals surface area contributed by atoms with Gasteiger partial charge in [0, 0.05) is 19.0 Å². The number of amides is 2. The highest BCUT2D eigenvalue weighted by molar-refractivity contribution is 5.85. The van der Waals surface area contributed by atoms with E-state index in [-0.39, 0.29) is 11.8 Å². The van der Waals surface area contributed by atoms with E-state index in [9.17, 15) is 9.59 Å². The number of piperidine rings is 1. The number of alkyl carbamates (subject to hydrolysis) is 1. The van der Waals surface area contributed by atoms with Crippen LogP contribution in [-0.2, 0) is 9.53 Å². The number of hydrogen-bond acceptors (Lipinski definition) is 4. The third kappa shape index (κ3) is 5.62. The highest BCUT2D eigenvalue weighted by Crippen LogP contribution is 2.17. The van der Waals surface area contributed by atoms with Crippen molar-refractivity contribution in [1.82, 2.24) is 10.2 Å². The zero-order valence-corrected chi connectivity index (χ0v) is 13.3. The molecule has 6 heteroatoms. The highest BCUT2D eigenvalue weighted by Gasteiger charge is 2.29. The van der Waals surface area contributed by atoms with Crippen molar-refractivity contribution in [2.45, 2.75) is 58.6 Å². The van der Waals surface area contributed by atoms with E-state index in [0.29, 0.717) is 32.4 Å². The fraction of sp³-hybridized carbons (Fsp3) is 0.800. The van der Waals surface area contributed by atoms with Gasteiger partial charge in [-0.1, -0.05) is 6.92 Å². The standard InChI is InChI=1S/C15H25N3O3/c1-5-12(17-14(20)21-15(2,3)4)13(19)18-8-6-11(10-16)7-9-18/h11-12H,5-9H2,1-4H3,(H,17,20). The Hall–Kier alpha value is -1.77. The van der Waals surface area contributed by atoms with Gasteiger partial charge in [-0.05, 0) is 40.0 Å². The molecule has 0 spiro atoms. The second-order valence-corrected chi connectivity index (χ2v) is 6.34. The third-order valence-electron chi connectivity index (χ3n) is 3.39. The summed E-state index contributed by atoms with van der Waals surface area (Å²) >= 11 is 0. The normalized spacial score (nSPS) is 17.8. The molecule has 0 aromatic heterocycles. The molecule has 118 valence electrons. The number of nitriles is 1. The van der Waals surface area contributed by atoms with Gasteiger partial charge in [0.1, 0.15) is 11.6 Å². The van der Waals surface area contributed by atoms with Crippen molar-refractivity contribution in [3.63, 3.8) is 0 Å². The molecule has 1 saturated heterocycles. The van der Waals surface area contributed by atoms with Gasteiger partial charge in [0.25, 0.3) is 0 Å². The monoisotopic (exact) mass is 295 g/mol. The molecule has 6 nitrogen and oxygen atoms in total. The molecule has 1 atom stereocenters. The van der Waals surface area contributed by atoms with Crippen molar-refractivity contribution >= 4 is 12.0 Å². The number of ether oxygens (including phenoxy) is 1. The molecule has 1 aliphatic rings. The number of rotatable bonds is 3. The van der Waals surface area contributed by atoms with Crippen molar-refractivity contribution in [1.29, 1.82) is 5.26 Å². The van der Waals surface area contributed by atoms with Crippen LogP contribution >= 0.6 is 0 Å². The summed E-state index contributed by atoms with van der Waals surface area (Å²) in [4.78, 5) is 25.9. The Labute approximate surface area is 126 Å². The largest absolute Gasteiger partial charge is 0.444 e. The summed E-state index contributed by atoms with van der Waals surface area (Å²) in [6.45, 7) is 8.33. The number of likely N-dealkylation sites (tertiary alicyclic amines) is 1. The first-order valence-electron chi connectivity index (χ1n) is 7.44. The van der Waals surface area contributed by atoms with Crippen LogP contribution in [0.1, 0.15) is 47.0 Å². The maximum absolute atomic E-state index is 12.4. The van der Waals surface area contributed by atoms with E-state index in [1.165, 1.54) is 0 Å².